The first-order valence-electron chi connectivity index (χ1n) is 7.94. The average molecular weight is 340 g/mol. The molecule has 0 aliphatic carbocycles. The minimum atomic E-state index is -1.66. The van der Waals surface area contributed by atoms with Crippen LogP contribution in [0.3, 0.4) is 0 Å². The Morgan fingerprint density at radius 2 is 1.96 bits per heavy atom. The topological polar surface area (TPSA) is 82.4 Å². The zero-order valence-corrected chi connectivity index (χ0v) is 14.1. The van der Waals surface area contributed by atoms with Crippen LogP contribution in [0.2, 0.25) is 0 Å². The number of benzene rings is 2. The monoisotopic (exact) mass is 340 g/mol. The Morgan fingerprint density at radius 3 is 2.64 bits per heavy atom. The third-order valence-corrected chi connectivity index (χ3v) is 4.21. The molecule has 2 atom stereocenters. The van der Waals surface area contributed by atoms with Gasteiger partial charge in [-0.3, -0.25) is 4.79 Å². The van der Waals surface area contributed by atoms with Crippen molar-refractivity contribution in [1.82, 2.24) is 5.01 Å². The predicted octanol–water partition coefficient (Wildman–Crippen LogP) is 2.18. The molecule has 0 unspecified atom stereocenters. The maximum Gasteiger partial charge on any atom is 0.279 e. The van der Waals surface area contributed by atoms with Gasteiger partial charge in [-0.2, -0.15) is 10.1 Å². The van der Waals surface area contributed by atoms with Crippen molar-refractivity contribution in [1.29, 1.82) is 0 Å². The van der Waals surface area contributed by atoms with Crippen molar-refractivity contribution < 1.29 is 19.7 Å². The highest BCUT2D eigenvalue weighted by Crippen LogP contribution is 2.38. The lowest BCUT2D eigenvalue weighted by Crippen LogP contribution is -2.45. The molecular weight excluding hydrogens is 320 g/mol. The van der Waals surface area contributed by atoms with Gasteiger partial charge in [0.2, 0.25) is 0 Å². The molecule has 2 N–H and O–H groups in total. The molecule has 0 saturated carbocycles. The number of hydrogen-bond acceptors (Lipinski definition) is 5. The van der Waals surface area contributed by atoms with E-state index in [0.29, 0.717) is 22.6 Å². The third kappa shape index (κ3) is 3.14. The summed E-state index contributed by atoms with van der Waals surface area (Å²) in [5, 5.41) is 26.8. The van der Waals surface area contributed by atoms with Gasteiger partial charge in [0.15, 0.2) is 11.8 Å². The number of carbonyl (C=O) groups excluding carboxylic acids is 1. The summed E-state index contributed by atoms with van der Waals surface area (Å²) >= 11 is 0. The average Bonchev–Trinajstić information content (AvgIpc) is 2.97. The van der Waals surface area contributed by atoms with E-state index in [1.54, 1.807) is 61.5 Å². The number of rotatable bonds is 4. The quantitative estimate of drug-likeness (QED) is 0.894. The van der Waals surface area contributed by atoms with Gasteiger partial charge in [-0.15, -0.1) is 0 Å². The van der Waals surface area contributed by atoms with Gasteiger partial charge in [0.05, 0.1) is 7.11 Å². The molecule has 2 aromatic carbocycles. The molecule has 0 bridgehead atoms. The van der Waals surface area contributed by atoms with Crippen LogP contribution < -0.4 is 4.74 Å². The number of hydrazone groups is 1. The van der Waals surface area contributed by atoms with E-state index in [1.165, 1.54) is 7.11 Å². The molecule has 130 valence electrons. The maximum atomic E-state index is 12.8. The molecule has 0 radical (unpaired) electrons. The summed E-state index contributed by atoms with van der Waals surface area (Å²) in [5.74, 6) is -0.125. The Kier molecular flexibility index (Phi) is 4.57. The standard InChI is InChI=1S/C19H20N2O4/c1-13-12-19(24,15-9-6-10-16(11-15)25-2)21(20-13)18(23)17(22)14-7-4-3-5-8-14/h3-11,17,22,24H,12H2,1-2H3/t17-,19+/m0/s1. The molecule has 0 fully saturated rings. The number of aliphatic hydroxyl groups is 2. The lowest BCUT2D eigenvalue weighted by molar-refractivity contribution is -0.167. The van der Waals surface area contributed by atoms with E-state index < -0.39 is 17.7 Å². The summed E-state index contributed by atoms with van der Waals surface area (Å²) in [6.07, 6.45) is -1.25. The molecule has 1 aliphatic rings. The van der Waals surface area contributed by atoms with E-state index >= 15 is 0 Å². The molecule has 2 aromatic rings. The highest BCUT2D eigenvalue weighted by atomic mass is 16.5. The lowest BCUT2D eigenvalue weighted by Gasteiger charge is -2.33. The molecule has 1 amide bonds. The lowest BCUT2D eigenvalue weighted by atomic mass is 9.96. The van der Waals surface area contributed by atoms with E-state index in [-0.39, 0.29) is 6.42 Å². The third-order valence-electron chi connectivity index (χ3n) is 4.21. The largest absolute Gasteiger partial charge is 0.497 e. The van der Waals surface area contributed by atoms with E-state index in [0.717, 1.165) is 5.01 Å². The van der Waals surface area contributed by atoms with Crippen molar-refractivity contribution >= 4 is 11.6 Å². The highest BCUT2D eigenvalue weighted by Gasteiger charge is 2.46. The molecule has 1 aliphatic heterocycles. The van der Waals surface area contributed by atoms with Gasteiger partial charge in [0.1, 0.15) is 5.75 Å². The van der Waals surface area contributed by atoms with Crippen LogP contribution in [0.1, 0.15) is 30.6 Å². The summed E-state index contributed by atoms with van der Waals surface area (Å²) in [6.45, 7) is 1.73. The second-order valence-electron chi connectivity index (χ2n) is 6.02. The van der Waals surface area contributed by atoms with E-state index in [9.17, 15) is 15.0 Å². The molecular formula is C19H20N2O4. The predicted molar refractivity (Wildman–Crippen MR) is 92.9 cm³/mol. The summed E-state index contributed by atoms with van der Waals surface area (Å²) in [4.78, 5) is 12.8. The summed E-state index contributed by atoms with van der Waals surface area (Å²) < 4.78 is 5.20. The Morgan fingerprint density at radius 1 is 1.24 bits per heavy atom. The number of amides is 1. The van der Waals surface area contributed by atoms with Crippen LogP contribution in [0.15, 0.2) is 59.7 Å². The van der Waals surface area contributed by atoms with Gasteiger partial charge < -0.3 is 14.9 Å². The molecule has 1 heterocycles. The fourth-order valence-electron chi connectivity index (χ4n) is 2.94. The molecule has 25 heavy (non-hydrogen) atoms. The van der Waals surface area contributed by atoms with Gasteiger partial charge in [-0.1, -0.05) is 42.5 Å². The van der Waals surface area contributed by atoms with Crippen molar-refractivity contribution in [2.45, 2.75) is 25.2 Å². The highest BCUT2D eigenvalue weighted by molar-refractivity contribution is 5.91. The van der Waals surface area contributed by atoms with Crippen LogP contribution in [0.4, 0.5) is 0 Å². The van der Waals surface area contributed by atoms with Gasteiger partial charge in [0, 0.05) is 17.7 Å². The summed E-state index contributed by atoms with van der Waals surface area (Å²) in [7, 11) is 1.53. The van der Waals surface area contributed by atoms with Crippen LogP contribution in [-0.4, -0.2) is 34.0 Å². The van der Waals surface area contributed by atoms with Crippen molar-refractivity contribution in [2.24, 2.45) is 5.10 Å². The van der Waals surface area contributed by atoms with Crippen LogP contribution >= 0.6 is 0 Å². The first kappa shape index (κ1) is 17.1. The Hall–Kier alpha value is -2.70. The van der Waals surface area contributed by atoms with E-state index in [2.05, 4.69) is 5.10 Å². The zero-order valence-electron chi connectivity index (χ0n) is 14.1. The van der Waals surface area contributed by atoms with Gasteiger partial charge in [0.25, 0.3) is 5.91 Å². The first-order chi connectivity index (χ1) is 12.0. The summed E-state index contributed by atoms with van der Waals surface area (Å²) in [5.41, 5.74) is -0.147. The smallest absolute Gasteiger partial charge is 0.279 e. The number of carbonyl (C=O) groups is 1. The number of ether oxygens (including phenoxy) is 1. The Labute approximate surface area is 146 Å². The molecule has 6 heteroatoms. The minimum absolute atomic E-state index is 0.160. The Bertz CT molecular complexity index is 806. The van der Waals surface area contributed by atoms with Crippen LogP contribution in [-0.2, 0) is 10.5 Å². The molecule has 3 rings (SSSR count). The van der Waals surface area contributed by atoms with Crippen LogP contribution in [0, 0.1) is 0 Å². The van der Waals surface area contributed by atoms with Gasteiger partial charge in [-0.05, 0) is 24.6 Å². The molecule has 6 nitrogen and oxygen atoms in total. The van der Waals surface area contributed by atoms with Crippen molar-refractivity contribution in [3.8, 4) is 5.75 Å². The second-order valence-corrected chi connectivity index (χ2v) is 6.02. The van der Waals surface area contributed by atoms with Gasteiger partial charge >= 0.3 is 0 Å². The van der Waals surface area contributed by atoms with Crippen molar-refractivity contribution in [3.05, 3.63) is 65.7 Å². The van der Waals surface area contributed by atoms with Crippen molar-refractivity contribution in [3.63, 3.8) is 0 Å². The zero-order chi connectivity index (χ0) is 18.0. The van der Waals surface area contributed by atoms with E-state index in [1.807, 2.05) is 0 Å². The molecule has 0 saturated heterocycles. The van der Waals surface area contributed by atoms with Gasteiger partial charge in [-0.25, -0.2) is 0 Å². The van der Waals surface area contributed by atoms with Crippen molar-refractivity contribution in [2.75, 3.05) is 7.11 Å². The summed E-state index contributed by atoms with van der Waals surface area (Å²) in [6, 6.07) is 15.4. The van der Waals surface area contributed by atoms with E-state index in [4.69, 9.17) is 4.74 Å². The minimum Gasteiger partial charge on any atom is -0.497 e. The second kappa shape index (κ2) is 6.66. The molecule has 0 aromatic heterocycles. The number of nitrogens with zero attached hydrogens (tertiary/aromatic N) is 2. The number of methoxy groups -OCH3 is 1. The SMILES string of the molecule is COc1cccc([C@]2(O)CC(C)=NN2C(=O)[C@@H](O)c2ccccc2)c1. The fourth-order valence-corrected chi connectivity index (χ4v) is 2.94. The van der Waals surface area contributed by atoms with Crippen LogP contribution in [0.5, 0.6) is 5.75 Å². The normalized spacial score (nSPS) is 21.0. The van der Waals surface area contributed by atoms with Crippen LogP contribution in [0.25, 0.3) is 0 Å². The number of aliphatic hydroxyl groups excluding tert-OH is 1. The maximum absolute atomic E-state index is 12.8. The fraction of sp³-hybridized carbons (Fsp3) is 0.263. The number of hydrogen-bond donors (Lipinski definition) is 2. The molecule has 0 spiro atoms. The first-order valence-corrected chi connectivity index (χ1v) is 7.94. The Balaban J connectivity index is 1.96.